The molecular weight excluding hydrogens is 277 g/mol. The first kappa shape index (κ1) is 15.9. The lowest BCUT2D eigenvalue weighted by Gasteiger charge is -2.09. The summed E-state index contributed by atoms with van der Waals surface area (Å²) in [6, 6.07) is 1.69. The Morgan fingerprint density at radius 3 is 2.65 bits per heavy atom. The number of hydrogen-bond acceptors (Lipinski definition) is 4. The van der Waals surface area contributed by atoms with Crippen LogP contribution in [0.25, 0.3) is 0 Å². The summed E-state index contributed by atoms with van der Waals surface area (Å²) in [7, 11) is 2.58. The highest BCUT2D eigenvalue weighted by molar-refractivity contribution is 5.95. The molecule has 0 saturated carbocycles. The third-order valence-electron chi connectivity index (χ3n) is 2.05. The van der Waals surface area contributed by atoms with E-state index in [0.29, 0.717) is 6.07 Å². The van der Waals surface area contributed by atoms with Crippen LogP contribution in [0.1, 0.15) is 21.7 Å². The van der Waals surface area contributed by atoms with Crippen molar-refractivity contribution in [2.24, 2.45) is 0 Å². The fraction of sp³-hybridized carbons (Fsp3) is 0.333. The third-order valence-corrected chi connectivity index (χ3v) is 2.05. The van der Waals surface area contributed by atoms with E-state index < -0.39 is 17.8 Å². The Balaban J connectivity index is 3.24. The Morgan fingerprint density at radius 1 is 1.40 bits per heavy atom. The molecule has 0 fully saturated rings. The Bertz CT molecular complexity index is 547. The molecule has 0 saturated heterocycles. The van der Waals surface area contributed by atoms with Gasteiger partial charge in [0.15, 0.2) is 0 Å². The van der Waals surface area contributed by atoms with Crippen LogP contribution >= 0.6 is 0 Å². The molecule has 5 nitrogen and oxygen atoms in total. The van der Waals surface area contributed by atoms with Gasteiger partial charge in [0.05, 0.1) is 12.7 Å². The second kappa shape index (κ2) is 6.88. The van der Waals surface area contributed by atoms with Crippen molar-refractivity contribution in [1.29, 1.82) is 0 Å². The zero-order valence-electron chi connectivity index (χ0n) is 10.7. The molecule has 0 aromatic carbocycles. The number of hydroxylamine groups is 1. The number of carbonyl (C=O) groups is 1. The van der Waals surface area contributed by atoms with Gasteiger partial charge in [-0.05, 0) is 18.1 Å². The van der Waals surface area contributed by atoms with Gasteiger partial charge in [0, 0.05) is 7.11 Å². The van der Waals surface area contributed by atoms with Crippen molar-refractivity contribution in [3.05, 3.63) is 29.1 Å². The third kappa shape index (κ3) is 4.22. The maximum atomic E-state index is 12.6. The zero-order chi connectivity index (χ0) is 15.2. The van der Waals surface area contributed by atoms with Crippen molar-refractivity contribution in [3.8, 4) is 11.8 Å². The van der Waals surface area contributed by atoms with Crippen molar-refractivity contribution in [2.45, 2.75) is 6.18 Å². The summed E-state index contributed by atoms with van der Waals surface area (Å²) in [5.41, 5.74) is 0.439. The fourth-order valence-electron chi connectivity index (χ4n) is 1.24. The number of hydrogen-bond donors (Lipinski definition) is 1. The standard InChI is InChI=1S/C12H11F3N2O3/c1-19-7-3-4-9-8(11(18)17-20-2)5-6-10(16-9)12(13,14)15/h5-6H,7H2,1-2H3,(H,17,18). The average molecular weight is 288 g/mol. The highest BCUT2D eigenvalue weighted by atomic mass is 19.4. The van der Waals surface area contributed by atoms with E-state index >= 15 is 0 Å². The number of rotatable bonds is 3. The molecule has 1 rings (SSSR count). The van der Waals surface area contributed by atoms with Crippen LogP contribution < -0.4 is 5.48 Å². The maximum absolute atomic E-state index is 12.6. The lowest BCUT2D eigenvalue weighted by Crippen LogP contribution is -2.24. The van der Waals surface area contributed by atoms with E-state index in [1.807, 2.05) is 5.48 Å². The summed E-state index contributed by atoms with van der Waals surface area (Å²) in [5, 5.41) is 0. The minimum absolute atomic E-state index is 0.00324. The summed E-state index contributed by atoms with van der Waals surface area (Å²) in [4.78, 5) is 19.4. The molecule has 1 aromatic heterocycles. The van der Waals surface area contributed by atoms with Crippen LogP contribution in [-0.2, 0) is 15.8 Å². The molecule has 1 N–H and O–H groups in total. The molecule has 0 atom stereocenters. The van der Waals surface area contributed by atoms with Gasteiger partial charge < -0.3 is 4.74 Å². The van der Waals surface area contributed by atoms with E-state index in [4.69, 9.17) is 0 Å². The first-order valence-electron chi connectivity index (χ1n) is 5.29. The van der Waals surface area contributed by atoms with Crippen LogP contribution in [0.5, 0.6) is 0 Å². The lowest BCUT2D eigenvalue weighted by atomic mass is 10.1. The number of alkyl halides is 3. The minimum Gasteiger partial charge on any atom is -0.372 e. The van der Waals surface area contributed by atoms with E-state index in [1.165, 1.54) is 14.2 Å². The average Bonchev–Trinajstić information content (AvgIpc) is 2.38. The number of nitrogens with one attached hydrogen (secondary N) is 1. The van der Waals surface area contributed by atoms with Crippen molar-refractivity contribution in [1.82, 2.24) is 10.5 Å². The second-order valence-corrected chi connectivity index (χ2v) is 3.46. The van der Waals surface area contributed by atoms with Gasteiger partial charge in [0.2, 0.25) is 0 Å². The summed E-state index contributed by atoms with van der Waals surface area (Å²) in [6.07, 6.45) is -4.62. The summed E-state index contributed by atoms with van der Waals surface area (Å²) >= 11 is 0. The summed E-state index contributed by atoms with van der Waals surface area (Å²) in [6.45, 7) is 0.00324. The Labute approximate surface area is 113 Å². The first-order chi connectivity index (χ1) is 9.40. The van der Waals surface area contributed by atoms with Gasteiger partial charge in [-0.25, -0.2) is 10.5 Å². The molecule has 0 radical (unpaired) electrons. The first-order valence-corrected chi connectivity index (χ1v) is 5.29. The number of amides is 1. The molecule has 8 heteroatoms. The molecule has 1 heterocycles. The zero-order valence-corrected chi connectivity index (χ0v) is 10.7. The van der Waals surface area contributed by atoms with Crippen molar-refractivity contribution < 1.29 is 27.5 Å². The van der Waals surface area contributed by atoms with Crippen LogP contribution in [0.15, 0.2) is 12.1 Å². The summed E-state index contributed by atoms with van der Waals surface area (Å²) < 4.78 is 42.4. The van der Waals surface area contributed by atoms with Crippen LogP contribution in [0.3, 0.4) is 0 Å². The number of ether oxygens (including phenoxy) is 1. The normalized spacial score (nSPS) is 10.7. The quantitative estimate of drug-likeness (QED) is 0.674. The van der Waals surface area contributed by atoms with Gasteiger partial charge in [-0.2, -0.15) is 13.2 Å². The topological polar surface area (TPSA) is 60.5 Å². The fourth-order valence-corrected chi connectivity index (χ4v) is 1.24. The number of carbonyl (C=O) groups excluding carboxylic acids is 1. The van der Waals surface area contributed by atoms with E-state index in [0.717, 1.165) is 6.07 Å². The predicted molar refractivity (Wildman–Crippen MR) is 62.5 cm³/mol. The Morgan fingerprint density at radius 2 is 2.10 bits per heavy atom. The monoisotopic (exact) mass is 288 g/mol. The highest BCUT2D eigenvalue weighted by Crippen LogP contribution is 2.28. The summed E-state index contributed by atoms with van der Waals surface area (Å²) in [5.74, 6) is 4.07. The van der Waals surface area contributed by atoms with Crippen molar-refractivity contribution in [3.63, 3.8) is 0 Å². The van der Waals surface area contributed by atoms with Crippen LogP contribution in [0, 0.1) is 11.8 Å². The maximum Gasteiger partial charge on any atom is 0.433 e. The second-order valence-electron chi connectivity index (χ2n) is 3.46. The van der Waals surface area contributed by atoms with Crippen molar-refractivity contribution >= 4 is 5.91 Å². The van der Waals surface area contributed by atoms with Crippen molar-refractivity contribution in [2.75, 3.05) is 20.8 Å². The molecule has 108 valence electrons. The van der Waals surface area contributed by atoms with E-state index in [-0.39, 0.29) is 17.9 Å². The Hall–Kier alpha value is -2.11. The van der Waals surface area contributed by atoms with E-state index in [1.54, 1.807) is 0 Å². The van der Waals surface area contributed by atoms with E-state index in [9.17, 15) is 18.0 Å². The predicted octanol–water partition coefficient (Wildman–Crippen LogP) is 1.39. The molecule has 20 heavy (non-hydrogen) atoms. The molecule has 0 bridgehead atoms. The molecular formula is C12H11F3N2O3. The smallest absolute Gasteiger partial charge is 0.372 e. The minimum atomic E-state index is -4.62. The van der Waals surface area contributed by atoms with Gasteiger partial charge in [-0.3, -0.25) is 9.63 Å². The van der Waals surface area contributed by atoms with Gasteiger partial charge >= 0.3 is 6.18 Å². The Kier molecular flexibility index (Phi) is 5.49. The molecule has 0 aliphatic rings. The number of halogens is 3. The molecule has 0 aliphatic heterocycles. The number of aromatic nitrogens is 1. The van der Waals surface area contributed by atoms with Gasteiger partial charge in [0.1, 0.15) is 18.0 Å². The molecule has 0 unspecified atom stereocenters. The van der Waals surface area contributed by atoms with Gasteiger partial charge in [0.25, 0.3) is 5.91 Å². The molecule has 1 aromatic rings. The van der Waals surface area contributed by atoms with Crippen LogP contribution in [0.4, 0.5) is 13.2 Å². The van der Waals surface area contributed by atoms with E-state index in [2.05, 4.69) is 26.4 Å². The molecule has 0 aliphatic carbocycles. The lowest BCUT2D eigenvalue weighted by molar-refractivity contribution is -0.141. The van der Waals surface area contributed by atoms with Gasteiger partial charge in [-0.15, -0.1) is 0 Å². The number of nitrogens with zero attached hydrogens (tertiary/aromatic N) is 1. The number of pyridine rings is 1. The number of methoxy groups -OCH3 is 1. The molecule has 0 spiro atoms. The van der Waals surface area contributed by atoms with Crippen LogP contribution in [-0.4, -0.2) is 31.7 Å². The SMILES string of the molecule is COCC#Cc1nc(C(F)(F)F)ccc1C(=O)NOC. The molecule has 1 amide bonds. The van der Waals surface area contributed by atoms with Crippen LogP contribution in [0.2, 0.25) is 0 Å². The largest absolute Gasteiger partial charge is 0.433 e. The van der Waals surface area contributed by atoms with Gasteiger partial charge in [-0.1, -0.05) is 5.92 Å². The highest BCUT2D eigenvalue weighted by Gasteiger charge is 2.33.